The number of rotatable bonds is 6. The highest BCUT2D eigenvalue weighted by molar-refractivity contribution is 6.33. The average molecular weight is 738 g/mol. The highest BCUT2D eigenvalue weighted by Gasteiger charge is 2.71. The molecule has 8 rings (SSSR count). The Kier molecular flexibility index (Phi) is 8.19. The number of allylic oxidation sites excluding steroid dienone is 2. The summed E-state index contributed by atoms with van der Waals surface area (Å²) >= 11 is 12.9. The van der Waals surface area contributed by atoms with Crippen molar-refractivity contribution in [2.45, 2.75) is 31.1 Å². The third-order valence-corrected chi connectivity index (χ3v) is 12.1. The van der Waals surface area contributed by atoms with E-state index in [1.54, 1.807) is 48.5 Å². The fourth-order valence-corrected chi connectivity index (χ4v) is 9.56. The molecule has 4 amide bonds. The van der Waals surface area contributed by atoms with Gasteiger partial charge in [0.05, 0.1) is 48.8 Å². The van der Waals surface area contributed by atoms with Gasteiger partial charge in [0.1, 0.15) is 17.2 Å². The number of phenolic OH excluding ortho intramolecular Hbond substituents is 1. The maximum Gasteiger partial charge on any atom is 0.246 e. The van der Waals surface area contributed by atoms with E-state index >= 15 is 4.79 Å². The molecule has 1 N–H and O–H groups in total. The van der Waals surface area contributed by atoms with Gasteiger partial charge in [-0.05, 0) is 67.1 Å². The van der Waals surface area contributed by atoms with Crippen LogP contribution in [0.25, 0.3) is 0 Å². The topological polar surface area (TPSA) is 113 Å². The Balaban J connectivity index is 1.38. The lowest BCUT2D eigenvalue weighted by molar-refractivity contribution is -0.127. The summed E-state index contributed by atoms with van der Waals surface area (Å²) in [5.74, 6) is -5.52. The van der Waals surface area contributed by atoms with Crippen molar-refractivity contribution in [2.24, 2.45) is 23.7 Å². The number of methoxy groups -OCH3 is 2. The normalized spacial score (nSPS) is 26.6. The number of hydrogen-bond acceptors (Lipinski definition) is 7. The van der Waals surface area contributed by atoms with Crippen LogP contribution in [0, 0.1) is 30.6 Å². The Bertz CT molecular complexity index is 2220. The van der Waals surface area contributed by atoms with E-state index in [0.717, 1.165) is 5.56 Å². The number of halogens is 2. The van der Waals surface area contributed by atoms with Crippen molar-refractivity contribution in [3.05, 3.63) is 123 Å². The average Bonchev–Trinajstić information content (AvgIpc) is 3.53. The molecule has 0 spiro atoms. The molecule has 0 radical (unpaired) electrons. The van der Waals surface area contributed by atoms with Gasteiger partial charge in [0.2, 0.25) is 23.6 Å². The van der Waals surface area contributed by atoms with Gasteiger partial charge in [-0.25, -0.2) is 9.80 Å². The molecule has 3 fully saturated rings. The first-order valence-electron chi connectivity index (χ1n) is 17.0. The number of aryl methyl sites for hydroxylation is 1. The number of fused-ring (bicyclic) bond motifs is 4. The Morgan fingerprint density at radius 2 is 1.54 bits per heavy atom. The largest absolute Gasteiger partial charge is 0.507 e. The Hall–Kier alpha value is -5.12. The van der Waals surface area contributed by atoms with Crippen LogP contribution in [-0.4, -0.2) is 43.0 Å². The number of amides is 4. The van der Waals surface area contributed by atoms with Crippen LogP contribution >= 0.6 is 23.2 Å². The standard InChI is InChI=1S/C41H34Cl2N2O7/c1-21-12-13-25(17-31(21)43)44-37(47)28-15-14-27-29(34(28)39(44)49)20-30-38(48)45(24-11-7-10-23(42)16-24)40(50)41(30,22-8-5-4-6-9-22)36(27)35-32(46)18-26(51-2)19-33(35)52-3/h4-14,16-19,28-30,34,36,46H,15,20H2,1-3H3/t28-,29+,30-,34-,36+,41+/m0/s1. The summed E-state index contributed by atoms with van der Waals surface area (Å²) in [7, 11) is 2.92. The number of anilines is 2. The summed E-state index contributed by atoms with van der Waals surface area (Å²) in [5, 5.41) is 12.7. The minimum atomic E-state index is -1.59. The first kappa shape index (κ1) is 34.0. The monoisotopic (exact) mass is 736 g/mol. The van der Waals surface area contributed by atoms with E-state index in [9.17, 15) is 19.5 Å². The maximum absolute atomic E-state index is 15.5. The van der Waals surface area contributed by atoms with Gasteiger partial charge in [0, 0.05) is 33.7 Å². The van der Waals surface area contributed by atoms with Crippen LogP contribution in [-0.2, 0) is 24.6 Å². The van der Waals surface area contributed by atoms with Gasteiger partial charge in [-0.1, -0.05) is 77.3 Å². The minimum Gasteiger partial charge on any atom is -0.507 e. The van der Waals surface area contributed by atoms with Gasteiger partial charge in [-0.3, -0.25) is 19.2 Å². The third kappa shape index (κ3) is 4.75. The molecule has 9 nitrogen and oxygen atoms in total. The molecule has 2 heterocycles. The van der Waals surface area contributed by atoms with E-state index in [-0.39, 0.29) is 35.8 Å². The second kappa shape index (κ2) is 12.5. The lowest BCUT2D eigenvalue weighted by Crippen LogP contribution is -2.53. The summed E-state index contributed by atoms with van der Waals surface area (Å²) < 4.78 is 11.4. The molecule has 0 bridgehead atoms. The van der Waals surface area contributed by atoms with Gasteiger partial charge in [-0.2, -0.15) is 0 Å². The summed E-state index contributed by atoms with van der Waals surface area (Å²) in [5.41, 5.74) is 1.42. The lowest BCUT2D eigenvalue weighted by Gasteiger charge is -2.51. The van der Waals surface area contributed by atoms with Crippen molar-refractivity contribution in [1.82, 2.24) is 0 Å². The van der Waals surface area contributed by atoms with Crippen molar-refractivity contribution in [2.75, 3.05) is 24.0 Å². The van der Waals surface area contributed by atoms with E-state index in [1.165, 1.54) is 30.1 Å². The predicted molar refractivity (Wildman–Crippen MR) is 196 cm³/mol. The first-order chi connectivity index (χ1) is 25.0. The number of aromatic hydroxyl groups is 1. The third-order valence-electron chi connectivity index (χ3n) is 11.4. The molecule has 264 valence electrons. The molecule has 2 saturated heterocycles. The van der Waals surface area contributed by atoms with E-state index in [4.69, 9.17) is 32.7 Å². The van der Waals surface area contributed by atoms with E-state index < -0.39 is 52.7 Å². The molecule has 2 aliphatic carbocycles. The highest BCUT2D eigenvalue weighted by Crippen LogP contribution is 2.66. The van der Waals surface area contributed by atoms with Crippen molar-refractivity contribution >= 4 is 58.2 Å². The van der Waals surface area contributed by atoms with Crippen molar-refractivity contribution in [3.63, 3.8) is 0 Å². The van der Waals surface area contributed by atoms with Gasteiger partial charge in [-0.15, -0.1) is 0 Å². The number of imide groups is 2. The lowest BCUT2D eigenvalue weighted by atomic mass is 9.49. The molecule has 0 unspecified atom stereocenters. The van der Waals surface area contributed by atoms with Gasteiger partial charge >= 0.3 is 0 Å². The van der Waals surface area contributed by atoms with E-state index in [1.807, 2.05) is 43.3 Å². The maximum atomic E-state index is 15.5. The molecule has 4 aliphatic rings. The van der Waals surface area contributed by atoms with Gasteiger partial charge in [0.15, 0.2) is 0 Å². The van der Waals surface area contributed by atoms with Crippen LogP contribution in [0.3, 0.4) is 0 Å². The van der Waals surface area contributed by atoms with Gasteiger partial charge < -0.3 is 14.6 Å². The second-order valence-corrected chi connectivity index (χ2v) is 14.6. The van der Waals surface area contributed by atoms with Gasteiger partial charge in [0.25, 0.3) is 0 Å². The molecule has 4 aromatic rings. The molecule has 1 saturated carbocycles. The molecule has 2 aliphatic heterocycles. The quantitative estimate of drug-likeness (QED) is 0.162. The number of nitrogens with zero attached hydrogens (tertiary/aromatic N) is 2. The summed E-state index contributed by atoms with van der Waals surface area (Å²) in [6, 6.07) is 23.8. The van der Waals surface area contributed by atoms with E-state index in [2.05, 4.69) is 0 Å². The second-order valence-electron chi connectivity index (χ2n) is 13.8. The summed E-state index contributed by atoms with van der Waals surface area (Å²) in [6.45, 7) is 1.84. The van der Waals surface area contributed by atoms with Crippen molar-refractivity contribution < 1.29 is 33.8 Å². The Morgan fingerprint density at radius 1 is 0.788 bits per heavy atom. The van der Waals surface area contributed by atoms with Crippen LogP contribution < -0.4 is 19.3 Å². The zero-order valence-corrected chi connectivity index (χ0v) is 30.0. The van der Waals surface area contributed by atoms with Crippen molar-refractivity contribution in [3.8, 4) is 17.2 Å². The molecular formula is C41H34Cl2N2O7. The molecule has 0 aromatic heterocycles. The number of hydrogen-bond donors (Lipinski definition) is 1. The van der Waals surface area contributed by atoms with Crippen LogP contribution in [0.1, 0.15) is 35.4 Å². The fraction of sp³-hybridized carbons (Fsp3) is 0.268. The zero-order valence-electron chi connectivity index (χ0n) is 28.5. The summed E-state index contributed by atoms with van der Waals surface area (Å²) in [4.78, 5) is 61.5. The first-order valence-corrected chi connectivity index (χ1v) is 17.8. The Labute approximate surface area is 310 Å². The van der Waals surface area contributed by atoms with Crippen molar-refractivity contribution in [1.29, 1.82) is 0 Å². The number of carbonyl (C=O) groups is 4. The predicted octanol–water partition coefficient (Wildman–Crippen LogP) is 7.39. The number of ether oxygens (including phenoxy) is 2. The minimum absolute atomic E-state index is 0.0980. The smallest absolute Gasteiger partial charge is 0.246 e. The van der Waals surface area contributed by atoms with Crippen LogP contribution in [0.2, 0.25) is 10.0 Å². The SMILES string of the molecule is COc1cc(O)c([C@H]2C3=CC[C@@H]4C(=O)N(c5ccc(C)c(Cl)c5)C(=O)[C@@H]4[C@@H]3C[C@H]3C(=O)N(c4cccc(Cl)c4)C(=O)[C@@]23c2ccccc2)c(OC)c1. The van der Waals surface area contributed by atoms with Crippen LogP contribution in [0.15, 0.2) is 96.6 Å². The summed E-state index contributed by atoms with van der Waals surface area (Å²) in [6.07, 6.45) is 2.24. The number of benzene rings is 4. The molecule has 6 atom stereocenters. The molecular weight excluding hydrogens is 703 g/mol. The number of phenols is 1. The van der Waals surface area contributed by atoms with Crippen LogP contribution in [0.4, 0.5) is 11.4 Å². The highest BCUT2D eigenvalue weighted by atomic mass is 35.5. The molecule has 11 heteroatoms. The van der Waals surface area contributed by atoms with Crippen LogP contribution in [0.5, 0.6) is 17.2 Å². The number of carbonyl (C=O) groups excluding carboxylic acids is 4. The molecule has 4 aromatic carbocycles. The Morgan fingerprint density at radius 3 is 2.23 bits per heavy atom. The fourth-order valence-electron chi connectivity index (χ4n) is 9.20. The zero-order chi connectivity index (χ0) is 36.6. The van der Waals surface area contributed by atoms with E-state index in [0.29, 0.717) is 38.3 Å². The molecule has 52 heavy (non-hydrogen) atoms.